The minimum absolute atomic E-state index is 0.416. The fourth-order valence-corrected chi connectivity index (χ4v) is 2.88. The van der Waals surface area contributed by atoms with Gasteiger partial charge in [-0.25, -0.2) is 9.97 Å². The van der Waals surface area contributed by atoms with Gasteiger partial charge in [-0.2, -0.15) is 0 Å². The molecule has 0 N–H and O–H groups in total. The molecule has 0 saturated heterocycles. The molecule has 2 aromatic heterocycles. The topological polar surface area (TPSA) is 38.7 Å². The Morgan fingerprint density at radius 2 is 1.71 bits per heavy atom. The van der Waals surface area contributed by atoms with E-state index < -0.39 is 0 Å². The van der Waals surface area contributed by atoms with E-state index in [2.05, 4.69) is 21.9 Å². The van der Waals surface area contributed by atoms with Crippen LogP contribution in [0.2, 0.25) is 10.3 Å². The molecule has 0 atom stereocenters. The Kier molecular flexibility index (Phi) is 4.04. The third-order valence-electron chi connectivity index (χ3n) is 3.32. The van der Waals surface area contributed by atoms with Crippen LogP contribution in [0.1, 0.15) is 18.9 Å². The van der Waals surface area contributed by atoms with Crippen molar-refractivity contribution in [1.29, 1.82) is 0 Å². The Morgan fingerprint density at radius 3 is 2.43 bits per heavy atom. The molecule has 0 spiro atoms. The van der Waals surface area contributed by atoms with Crippen LogP contribution in [0.3, 0.4) is 0 Å². The molecule has 0 aliphatic heterocycles. The van der Waals surface area contributed by atoms with E-state index in [9.17, 15) is 0 Å². The molecule has 106 valence electrons. The van der Waals surface area contributed by atoms with E-state index in [0.717, 1.165) is 34.7 Å². The van der Waals surface area contributed by atoms with Crippen LogP contribution < -0.4 is 0 Å². The highest BCUT2D eigenvalue weighted by Crippen LogP contribution is 2.30. The van der Waals surface area contributed by atoms with Gasteiger partial charge in [-0.1, -0.05) is 60.8 Å². The number of hydrogen-bond donors (Lipinski definition) is 0. The van der Waals surface area contributed by atoms with Gasteiger partial charge in [-0.15, -0.1) is 0 Å². The first-order valence-electron chi connectivity index (χ1n) is 6.75. The summed E-state index contributed by atoms with van der Waals surface area (Å²) in [6.45, 7) is 2.06. The van der Waals surface area contributed by atoms with Crippen molar-refractivity contribution in [3.63, 3.8) is 0 Å². The van der Waals surface area contributed by atoms with Gasteiger partial charge in [0.1, 0.15) is 10.3 Å². The van der Waals surface area contributed by atoms with Crippen molar-refractivity contribution in [2.75, 3.05) is 0 Å². The molecule has 0 bridgehead atoms. The molecule has 0 aliphatic carbocycles. The second-order valence-corrected chi connectivity index (χ2v) is 5.48. The fraction of sp³-hybridized carbons (Fsp3) is 0.188. The van der Waals surface area contributed by atoms with Crippen molar-refractivity contribution < 1.29 is 0 Å². The van der Waals surface area contributed by atoms with Gasteiger partial charge >= 0.3 is 0 Å². The van der Waals surface area contributed by atoms with Crippen molar-refractivity contribution in [2.45, 2.75) is 19.8 Å². The predicted molar refractivity (Wildman–Crippen MR) is 86.8 cm³/mol. The zero-order valence-corrected chi connectivity index (χ0v) is 13.0. The van der Waals surface area contributed by atoms with E-state index in [1.165, 1.54) is 0 Å². The van der Waals surface area contributed by atoms with Crippen molar-refractivity contribution in [3.8, 4) is 11.4 Å². The maximum Gasteiger partial charge on any atom is 0.164 e. The maximum atomic E-state index is 6.26. The predicted octanol–water partition coefficient (Wildman–Crippen LogP) is 4.95. The van der Waals surface area contributed by atoms with Crippen molar-refractivity contribution in [1.82, 2.24) is 15.0 Å². The van der Waals surface area contributed by atoms with Crippen LogP contribution in [0.15, 0.2) is 36.7 Å². The van der Waals surface area contributed by atoms with Crippen LogP contribution in [0.4, 0.5) is 0 Å². The molecule has 21 heavy (non-hydrogen) atoms. The molecular weight excluding hydrogens is 305 g/mol. The van der Waals surface area contributed by atoms with E-state index in [1.807, 2.05) is 30.5 Å². The summed E-state index contributed by atoms with van der Waals surface area (Å²) in [5.41, 5.74) is 1.64. The van der Waals surface area contributed by atoms with E-state index in [4.69, 9.17) is 23.2 Å². The average molecular weight is 318 g/mol. The zero-order valence-electron chi connectivity index (χ0n) is 11.5. The van der Waals surface area contributed by atoms with E-state index in [0.29, 0.717) is 16.1 Å². The molecule has 3 nitrogen and oxygen atoms in total. The summed E-state index contributed by atoms with van der Waals surface area (Å²) < 4.78 is 0. The van der Waals surface area contributed by atoms with Gasteiger partial charge in [0, 0.05) is 28.9 Å². The quantitative estimate of drug-likeness (QED) is 0.641. The first-order chi connectivity index (χ1) is 10.2. The molecule has 1 aromatic carbocycles. The number of nitrogens with zero attached hydrogens (tertiary/aromatic N) is 3. The fourth-order valence-electron chi connectivity index (χ4n) is 2.30. The molecule has 5 heteroatoms. The summed E-state index contributed by atoms with van der Waals surface area (Å²) in [5.74, 6) is 0.508. The Hall–Kier alpha value is -1.71. The summed E-state index contributed by atoms with van der Waals surface area (Å²) in [7, 11) is 0. The van der Waals surface area contributed by atoms with Crippen LogP contribution in [0, 0.1) is 0 Å². The normalized spacial score (nSPS) is 11.0. The summed E-state index contributed by atoms with van der Waals surface area (Å²) in [5, 5.41) is 2.89. The van der Waals surface area contributed by atoms with Gasteiger partial charge in [0.2, 0.25) is 0 Å². The third-order valence-corrected chi connectivity index (χ3v) is 3.94. The first-order valence-corrected chi connectivity index (χ1v) is 7.51. The average Bonchev–Trinajstić information content (AvgIpc) is 2.50. The van der Waals surface area contributed by atoms with Crippen LogP contribution in [0.25, 0.3) is 22.2 Å². The summed E-state index contributed by atoms with van der Waals surface area (Å²) in [6, 6.07) is 7.96. The second-order valence-electron chi connectivity index (χ2n) is 4.77. The molecule has 2 heterocycles. The standard InChI is InChI=1S/C16H13Cl2N3/c1-2-5-12-14(17)20-16(21-15(12)18)13-9-19-8-10-6-3-4-7-11(10)13/h3-4,6-9H,2,5H2,1H3. The Balaban J connectivity index is 2.20. The van der Waals surface area contributed by atoms with Crippen LogP contribution >= 0.6 is 23.2 Å². The number of rotatable bonds is 3. The van der Waals surface area contributed by atoms with Gasteiger partial charge in [0.05, 0.1) is 0 Å². The zero-order chi connectivity index (χ0) is 14.8. The van der Waals surface area contributed by atoms with Gasteiger partial charge in [-0.05, 0) is 11.8 Å². The minimum Gasteiger partial charge on any atom is -0.263 e. The van der Waals surface area contributed by atoms with Gasteiger partial charge in [0.25, 0.3) is 0 Å². The van der Waals surface area contributed by atoms with E-state index >= 15 is 0 Å². The van der Waals surface area contributed by atoms with Crippen LogP contribution in [-0.2, 0) is 6.42 Å². The molecule has 0 saturated carbocycles. The van der Waals surface area contributed by atoms with Gasteiger partial charge in [-0.3, -0.25) is 4.98 Å². The van der Waals surface area contributed by atoms with Crippen LogP contribution in [0.5, 0.6) is 0 Å². The molecule has 0 radical (unpaired) electrons. The van der Waals surface area contributed by atoms with Crippen molar-refractivity contribution in [2.24, 2.45) is 0 Å². The number of fused-ring (bicyclic) bond motifs is 1. The second kappa shape index (κ2) is 5.96. The SMILES string of the molecule is CCCc1c(Cl)nc(-c2cncc3ccccc23)nc1Cl. The van der Waals surface area contributed by atoms with Crippen molar-refractivity contribution >= 4 is 34.0 Å². The number of aromatic nitrogens is 3. The largest absolute Gasteiger partial charge is 0.263 e. The number of hydrogen-bond acceptors (Lipinski definition) is 3. The minimum atomic E-state index is 0.416. The lowest BCUT2D eigenvalue weighted by atomic mass is 10.1. The first kappa shape index (κ1) is 14.2. The number of pyridine rings is 1. The Morgan fingerprint density at radius 1 is 1.00 bits per heavy atom. The van der Waals surface area contributed by atoms with Gasteiger partial charge < -0.3 is 0 Å². The summed E-state index contributed by atoms with van der Waals surface area (Å²) >= 11 is 12.5. The summed E-state index contributed by atoms with van der Waals surface area (Å²) in [4.78, 5) is 13.0. The number of benzene rings is 1. The Bertz CT molecular complexity index is 774. The molecule has 0 aliphatic rings. The third kappa shape index (κ3) is 2.71. The highest BCUT2D eigenvalue weighted by molar-refractivity contribution is 6.34. The van der Waals surface area contributed by atoms with Crippen LogP contribution in [-0.4, -0.2) is 15.0 Å². The monoisotopic (exact) mass is 317 g/mol. The molecule has 3 rings (SSSR count). The van der Waals surface area contributed by atoms with Gasteiger partial charge in [0.15, 0.2) is 5.82 Å². The molecular formula is C16H13Cl2N3. The van der Waals surface area contributed by atoms with E-state index in [-0.39, 0.29) is 0 Å². The lowest BCUT2D eigenvalue weighted by Gasteiger charge is -2.09. The molecule has 3 aromatic rings. The highest BCUT2D eigenvalue weighted by atomic mass is 35.5. The molecule has 0 unspecified atom stereocenters. The smallest absolute Gasteiger partial charge is 0.164 e. The maximum absolute atomic E-state index is 6.26. The molecule has 0 fully saturated rings. The lowest BCUT2D eigenvalue weighted by molar-refractivity contribution is 0.903. The lowest BCUT2D eigenvalue weighted by Crippen LogP contribution is -1.98. The Labute approximate surface area is 133 Å². The highest BCUT2D eigenvalue weighted by Gasteiger charge is 2.14. The number of halogens is 2. The summed E-state index contributed by atoms with van der Waals surface area (Å²) in [6.07, 6.45) is 5.26. The van der Waals surface area contributed by atoms with Crippen molar-refractivity contribution in [3.05, 3.63) is 52.5 Å². The molecule has 0 amide bonds. The van der Waals surface area contributed by atoms with E-state index in [1.54, 1.807) is 6.20 Å².